The first-order chi connectivity index (χ1) is 9.77. The molecule has 3 nitrogen and oxygen atoms in total. The number of hydrogen-bond donors (Lipinski definition) is 1. The number of ketones is 1. The number of aliphatic hydroxyl groups is 1. The number of hydrogen-bond acceptors (Lipinski definition) is 3. The number of para-hydroxylation sites is 1. The maximum absolute atomic E-state index is 12.2. The average Bonchev–Trinajstić information content (AvgIpc) is 2.76. The van der Waals surface area contributed by atoms with Crippen LogP contribution in [-0.4, -0.2) is 29.6 Å². The predicted octanol–water partition coefficient (Wildman–Crippen LogP) is 3.16. The molecule has 1 aliphatic heterocycles. The summed E-state index contributed by atoms with van der Waals surface area (Å²) < 4.78 is 0. The van der Waals surface area contributed by atoms with Gasteiger partial charge in [-0.1, -0.05) is 31.4 Å². The molecule has 0 saturated heterocycles. The first-order valence-electron chi connectivity index (χ1n) is 7.84. The van der Waals surface area contributed by atoms with E-state index in [-0.39, 0.29) is 17.9 Å². The minimum atomic E-state index is -0.265. The molecule has 1 aromatic carbocycles. The largest absolute Gasteiger partial charge is 0.391 e. The van der Waals surface area contributed by atoms with Crippen LogP contribution in [0.5, 0.6) is 0 Å². The molecule has 0 bridgehead atoms. The second-order valence-corrected chi connectivity index (χ2v) is 6.01. The van der Waals surface area contributed by atoms with Crippen LogP contribution in [0.1, 0.15) is 55.3 Å². The summed E-state index contributed by atoms with van der Waals surface area (Å²) in [5.74, 6) is 0.242. The Morgan fingerprint density at radius 1 is 1.05 bits per heavy atom. The zero-order valence-corrected chi connectivity index (χ0v) is 11.9. The number of aliphatic hydroxyl groups excluding tert-OH is 1. The van der Waals surface area contributed by atoms with Crippen molar-refractivity contribution < 1.29 is 9.90 Å². The Bertz CT molecular complexity index is 486. The summed E-state index contributed by atoms with van der Waals surface area (Å²) in [6.45, 7) is 0.879. The van der Waals surface area contributed by atoms with Crippen molar-refractivity contribution in [2.24, 2.45) is 0 Å². The van der Waals surface area contributed by atoms with E-state index in [1.54, 1.807) is 0 Å². The van der Waals surface area contributed by atoms with Crippen LogP contribution in [0.25, 0.3) is 0 Å². The Hall–Kier alpha value is -1.35. The first kappa shape index (κ1) is 13.6. The number of Topliss-reactive ketones (excluding diaryl/α,β-unsaturated/α-hetero) is 1. The summed E-state index contributed by atoms with van der Waals surface area (Å²) in [7, 11) is 0. The van der Waals surface area contributed by atoms with Crippen LogP contribution < -0.4 is 4.90 Å². The highest BCUT2D eigenvalue weighted by molar-refractivity contribution is 6.02. The Morgan fingerprint density at radius 3 is 2.75 bits per heavy atom. The van der Waals surface area contributed by atoms with Crippen molar-refractivity contribution in [1.82, 2.24) is 0 Å². The van der Waals surface area contributed by atoms with Gasteiger partial charge in [0.05, 0.1) is 12.1 Å². The molecule has 0 spiro atoms. The fourth-order valence-corrected chi connectivity index (χ4v) is 3.60. The van der Waals surface area contributed by atoms with Gasteiger partial charge < -0.3 is 10.0 Å². The summed E-state index contributed by atoms with van der Waals surface area (Å²) in [5, 5.41) is 10.5. The van der Waals surface area contributed by atoms with Gasteiger partial charge in [-0.3, -0.25) is 4.79 Å². The van der Waals surface area contributed by atoms with Crippen LogP contribution in [0.15, 0.2) is 24.3 Å². The molecule has 1 N–H and O–H groups in total. The van der Waals surface area contributed by atoms with Crippen LogP contribution in [0.3, 0.4) is 0 Å². The van der Waals surface area contributed by atoms with Crippen molar-refractivity contribution in [1.29, 1.82) is 0 Å². The van der Waals surface area contributed by atoms with Gasteiger partial charge in [0.15, 0.2) is 5.78 Å². The highest BCUT2D eigenvalue weighted by atomic mass is 16.3. The Kier molecular flexibility index (Phi) is 4.06. The molecule has 1 aliphatic carbocycles. The van der Waals surface area contributed by atoms with Crippen LogP contribution in [0.4, 0.5) is 5.69 Å². The normalized spacial score (nSPS) is 27.6. The fraction of sp³-hybridized carbons (Fsp3) is 0.588. The quantitative estimate of drug-likeness (QED) is 0.799. The smallest absolute Gasteiger partial charge is 0.165 e. The van der Waals surface area contributed by atoms with Crippen LogP contribution in [0.2, 0.25) is 0 Å². The summed E-state index contributed by atoms with van der Waals surface area (Å²) in [5.41, 5.74) is 1.86. The van der Waals surface area contributed by atoms with E-state index in [1.807, 2.05) is 24.3 Å². The molecule has 0 aromatic heterocycles. The number of fused-ring (bicyclic) bond motifs is 1. The monoisotopic (exact) mass is 273 g/mol. The summed E-state index contributed by atoms with van der Waals surface area (Å²) in [4.78, 5) is 14.5. The van der Waals surface area contributed by atoms with Gasteiger partial charge in [-0.2, -0.15) is 0 Å². The van der Waals surface area contributed by atoms with Gasteiger partial charge in [0, 0.05) is 24.2 Å². The van der Waals surface area contributed by atoms with Crippen molar-refractivity contribution in [2.75, 3.05) is 11.4 Å². The third kappa shape index (κ3) is 2.59. The molecule has 1 heterocycles. The Morgan fingerprint density at radius 2 is 1.85 bits per heavy atom. The highest BCUT2D eigenvalue weighted by Crippen LogP contribution is 2.32. The molecule has 108 valence electrons. The summed E-state index contributed by atoms with van der Waals surface area (Å²) in [6, 6.07) is 8.07. The fourth-order valence-electron chi connectivity index (χ4n) is 3.60. The van der Waals surface area contributed by atoms with Crippen molar-refractivity contribution in [3.63, 3.8) is 0 Å². The lowest BCUT2D eigenvalue weighted by atomic mass is 10.0. The average molecular weight is 273 g/mol. The molecule has 2 aliphatic rings. The predicted molar refractivity (Wildman–Crippen MR) is 80.2 cm³/mol. The van der Waals surface area contributed by atoms with E-state index >= 15 is 0 Å². The molecule has 2 unspecified atom stereocenters. The van der Waals surface area contributed by atoms with Gasteiger partial charge in [-0.05, 0) is 31.4 Å². The van der Waals surface area contributed by atoms with Gasteiger partial charge in [-0.25, -0.2) is 0 Å². The van der Waals surface area contributed by atoms with Crippen LogP contribution >= 0.6 is 0 Å². The lowest BCUT2D eigenvalue weighted by Gasteiger charge is -2.36. The molecular formula is C17H23NO2. The van der Waals surface area contributed by atoms with Crippen molar-refractivity contribution in [2.45, 2.75) is 57.1 Å². The molecular weight excluding hydrogens is 250 g/mol. The van der Waals surface area contributed by atoms with Gasteiger partial charge >= 0.3 is 0 Å². The van der Waals surface area contributed by atoms with Crippen molar-refractivity contribution >= 4 is 11.5 Å². The van der Waals surface area contributed by atoms with E-state index in [1.165, 1.54) is 12.8 Å². The van der Waals surface area contributed by atoms with Crippen molar-refractivity contribution in [3.8, 4) is 0 Å². The minimum absolute atomic E-state index is 0.171. The number of anilines is 1. The van der Waals surface area contributed by atoms with E-state index in [9.17, 15) is 9.90 Å². The third-order valence-electron chi connectivity index (χ3n) is 4.66. The molecule has 1 fully saturated rings. The number of nitrogens with zero attached hydrogens (tertiary/aromatic N) is 1. The lowest BCUT2D eigenvalue weighted by Crippen LogP contribution is -2.43. The van der Waals surface area contributed by atoms with E-state index in [0.717, 1.165) is 43.5 Å². The molecule has 2 atom stereocenters. The van der Waals surface area contributed by atoms with E-state index in [0.29, 0.717) is 6.42 Å². The SMILES string of the molecule is O=C1CCCN(C2CCCCCC2O)c2ccccc21. The van der Waals surface area contributed by atoms with Gasteiger partial charge in [0.2, 0.25) is 0 Å². The number of carbonyl (C=O) groups excluding carboxylic acids is 1. The molecule has 3 heteroatoms. The molecule has 0 radical (unpaired) electrons. The molecule has 20 heavy (non-hydrogen) atoms. The van der Waals surface area contributed by atoms with E-state index < -0.39 is 0 Å². The molecule has 3 rings (SSSR count). The van der Waals surface area contributed by atoms with Gasteiger partial charge in [0.25, 0.3) is 0 Å². The topological polar surface area (TPSA) is 40.5 Å². The maximum atomic E-state index is 12.2. The second-order valence-electron chi connectivity index (χ2n) is 6.01. The number of rotatable bonds is 1. The molecule has 1 saturated carbocycles. The van der Waals surface area contributed by atoms with Gasteiger partial charge in [0.1, 0.15) is 0 Å². The summed E-state index contributed by atoms with van der Waals surface area (Å²) in [6.07, 6.45) is 6.66. The zero-order chi connectivity index (χ0) is 13.9. The first-order valence-corrected chi connectivity index (χ1v) is 7.84. The maximum Gasteiger partial charge on any atom is 0.165 e. The number of carbonyl (C=O) groups is 1. The van der Waals surface area contributed by atoms with Crippen molar-refractivity contribution in [3.05, 3.63) is 29.8 Å². The van der Waals surface area contributed by atoms with Crippen LogP contribution in [0, 0.1) is 0 Å². The number of benzene rings is 1. The summed E-state index contributed by atoms with van der Waals surface area (Å²) >= 11 is 0. The zero-order valence-electron chi connectivity index (χ0n) is 11.9. The molecule has 0 amide bonds. The van der Waals surface area contributed by atoms with Gasteiger partial charge in [-0.15, -0.1) is 0 Å². The highest BCUT2D eigenvalue weighted by Gasteiger charge is 2.31. The standard InChI is InChI=1S/C17H23NO2/c19-16-11-6-12-18(14-8-5-4-7-13(14)16)15-9-2-1-3-10-17(15)20/h4-5,7-8,15,17,20H,1-3,6,9-12H2. The lowest BCUT2D eigenvalue weighted by molar-refractivity contribution is 0.0984. The van der Waals surface area contributed by atoms with Crippen LogP contribution in [-0.2, 0) is 0 Å². The second kappa shape index (κ2) is 5.96. The minimum Gasteiger partial charge on any atom is -0.391 e. The molecule has 1 aromatic rings. The van der Waals surface area contributed by atoms with E-state index in [2.05, 4.69) is 4.90 Å². The van der Waals surface area contributed by atoms with E-state index in [4.69, 9.17) is 0 Å². The third-order valence-corrected chi connectivity index (χ3v) is 4.66. The Labute approximate surface area is 120 Å². The Balaban J connectivity index is 1.95.